The van der Waals surface area contributed by atoms with E-state index >= 15 is 0 Å². The van der Waals surface area contributed by atoms with Crippen LogP contribution in [-0.4, -0.2) is 34.2 Å². The molecule has 6 N–H and O–H groups in total. The molecule has 0 spiro atoms. The number of pyridine rings is 1. The summed E-state index contributed by atoms with van der Waals surface area (Å²) in [4.78, 5) is 26.7. The molecule has 0 bridgehead atoms. The van der Waals surface area contributed by atoms with Gasteiger partial charge in [0.2, 0.25) is 0 Å². The number of anilines is 3. The SMILES string of the molecule is NC(=O)c1cc(F)c(N[C@@H]2CCCC[C@@H]2NC(=O)O)nc1Nc1cc(C(F)(F)F)cc(C(F)(F)F)c1. The maximum absolute atomic E-state index is 14.7. The molecule has 2 amide bonds. The van der Waals surface area contributed by atoms with Crippen LogP contribution in [0.5, 0.6) is 0 Å². The average Bonchev–Trinajstić information content (AvgIpc) is 2.75. The van der Waals surface area contributed by atoms with E-state index < -0.39 is 76.3 Å². The van der Waals surface area contributed by atoms with E-state index in [0.717, 1.165) is 0 Å². The second kappa shape index (κ2) is 10.1. The third kappa shape index (κ3) is 6.46. The smallest absolute Gasteiger partial charge is 0.416 e. The van der Waals surface area contributed by atoms with Gasteiger partial charge in [-0.1, -0.05) is 12.8 Å². The van der Waals surface area contributed by atoms with Gasteiger partial charge >= 0.3 is 18.4 Å². The fourth-order valence-corrected chi connectivity index (χ4v) is 3.85. The van der Waals surface area contributed by atoms with Crippen molar-refractivity contribution < 1.29 is 45.4 Å². The normalized spacial score (nSPS) is 18.4. The Kier molecular flexibility index (Phi) is 7.50. The highest BCUT2D eigenvalue weighted by Crippen LogP contribution is 2.38. The molecule has 3 rings (SSSR count). The molecule has 0 aliphatic heterocycles. The molecule has 196 valence electrons. The minimum atomic E-state index is -5.12. The van der Waals surface area contributed by atoms with Crippen LogP contribution in [0.4, 0.5) is 52.9 Å². The molecule has 2 aromatic rings. The molecule has 0 unspecified atom stereocenters. The fourth-order valence-electron chi connectivity index (χ4n) is 3.85. The number of hydrogen-bond acceptors (Lipinski definition) is 5. The summed E-state index contributed by atoms with van der Waals surface area (Å²) in [6.07, 6.45) is -9.34. The number of benzene rings is 1. The Morgan fingerprint density at radius 1 is 0.917 bits per heavy atom. The second-order valence-corrected chi connectivity index (χ2v) is 8.09. The second-order valence-electron chi connectivity index (χ2n) is 8.09. The molecular weight excluding hydrogens is 503 g/mol. The summed E-state index contributed by atoms with van der Waals surface area (Å²) in [5.41, 5.74) is 0.605. The summed E-state index contributed by atoms with van der Waals surface area (Å²) in [7, 11) is 0. The van der Waals surface area contributed by atoms with Crippen LogP contribution in [0, 0.1) is 5.82 Å². The number of aromatic nitrogens is 1. The number of alkyl halides is 6. The van der Waals surface area contributed by atoms with Crippen molar-refractivity contribution >= 4 is 29.3 Å². The lowest BCUT2D eigenvalue weighted by Crippen LogP contribution is -2.48. The zero-order valence-corrected chi connectivity index (χ0v) is 18.2. The Morgan fingerprint density at radius 2 is 1.47 bits per heavy atom. The van der Waals surface area contributed by atoms with Crippen molar-refractivity contribution in [3.8, 4) is 0 Å². The van der Waals surface area contributed by atoms with Gasteiger partial charge in [-0.25, -0.2) is 14.2 Å². The molecule has 1 saturated carbocycles. The lowest BCUT2D eigenvalue weighted by molar-refractivity contribution is -0.143. The largest absolute Gasteiger partial charge is 0.465 e. The van der Waals surface area contributed by atoms with Gasteiger partial charge in [-0.05, 0) is 37.1 Å². The molecule has 1 fully saturated rings. The number of hydrogen-bond donors (Lipinski definition) is 5. The van der Waals surface area contributed by atoms with E-state index in [9.17, 15) is 40.3 Å². The molecule has 2 atom stereocenters. The standard InChI is InChI=1S/C21H20F7N5O3/c22-13-8-12(16(29)34)17(33-18(13)31-14-3-1-2-4-15(14)32-19(35)36)30-11-6-9(20(23,24)25)5-10(7-11)21(26,27)28/h5-8,14-15,32H,1-4H2,(H2,29,34)(H,35,36)(H2,30,31,33)/t14-,15+/m1/s1. The number of halogens is 7. The first-order valence-electron chi connectivity index (χ1n) is 10.5. The molecule has 1 aliphatic carbocycles. The van der Waals surface area contributed by atoms with Gasteiger partial charge in [-0.15, -0.1) is 0 Å². The molecular formula is C21H20F7N5O3. The molecule has 1 heterocycles. The number of nitrogens with one attached hydrogen (secondary N) is 3. The van der Waals surface area contributed by atoms with Gasteiger partial charge in [-0.2, -0.15) is 26.3 Å². The summed E-state index contributed by atoms with van der Waals surface area (Å²) in [5.74, 6) is -3.44. The number of nitrogens with zero attached hydrogens (tertiary/aromatic N) is 1. The van der Waals surface area contributed by atoms with Gasteiger partial charge in [0, 0.05) is 11.7 Å². The number of carbonyl (C=O) groups is 2. The average molecular weight is 523 g/mol. The number of amides is 2. The molecule has 0 saturated heterocycles. The zero-order chi connectivity index (χ0) is 26.8. The van der Waals surface area contributed by atoms with E-state index in [0.29, 0.717) is 43.9 Å². The number of carboxylic acid groups (broad SMARTS) is 1. The number of rotatable bonds is 6. The van der Waals surface area contributed by atoms with Gasteiger partial charge in [0.15, 0.2) is 11.6 Å². The third-order valence-electron chi connectivity index (χ3n) is 5.49. The lowest BCUT2D eigenvalue weighted by Gasteiger charge is -2.32. The van der Waals surface area contributed by atoms with Crippen LogP contribution in [0.3, 0.4) is 0 Å². The highest BCUT2D eigenvalue weighted by Gasteiger charge is 2.37. The Balaban J connectivity index is 2.02. The van der Waals surface area contributed by atoms with Crippen molar-refractivity contribution in [1.82, 2.24) is 10.3 Å². The van der Waals surface area contributed by atoms with Crippen molar-refractivity contribution in [3.05, 3.63) is 46.8 Å². The predicted octanol–water partition coefficient (Wildman–Crippen LogP) is 5.09. The Morgan fingerprint density at radius 3 is 1.97 bits per heavy atom. The maximum atomic E-state index is 14.7. The molecule has 0 radical (unpaired) electrons. The summed E-state index contributed by atoms with van der Waals surface area (Å²) >= 11 is 0. The minimum absolute atomic E-state index is 0.0794. The van der Waals surface area contributed by atoms with Gasteiger partial charge in [0.05, 0.1) is 22.7 Å². The van der Waals surface area contributed by atoms with E-state index in [1.54, 1.807) is 0 Å². The summed E-state index contributed by atoms with van der Waals surface area (Å²) in [5, 5.41) is 16.2. The van der Waals surface area contributed by atoms with Crippen LogP contribution in [0.2, 0.25) is 0 Å². The van der Waals surface area contributed by atoms with Crippen LogP contribution in [0.1, 0.15) is 47.2 Å². The molecule has 1 aromatic carbocycles. The van der Waals surface area contributed by atoms with Crippen LogP contribution in [-0.2, 0) is 12.4 Å². The molecule has 15 heteroatoms. The van der Waals surface area contributed by atoms with Crippen molar-refractivity contribution in [2.45, 2.75) is 50.1 Å². The summed E-state index contributed by atoms with van der Waals surface area (Å²) < 4.78 is 93.9. The van der Waals surface area contributed by atoms with Crippen molar-refractivity contribution in [3.63, 3.8) is 0 Å². The Bertz CT molecular complexity index is 1120. The Labute approximate surface area is 199 Å². The van der Waals surface area contributed by atoms with Crippen LogP contribution < -0.4 is 21.7 Å². The topological polar surface area (TPSA) is 129 Å². The highest BCUT2D eigenvalue weighted by atomic mass is 19.4. The first-order valence-corrected chi connectivity index (χ1v) is 10.5. The van der Waals surface area contributed by atoms with Crippen LogP contribution in [0.15, 0.2) is 24.3 Å². The third-order valence-corrected chi connectivity index (χ3v) is 5.49. The van der Waals surface area contributed by atoms with E-state index in [2.05, 4.69) is 20.9 Å². The monoisotopic (exact) mass is 523 g/mol. The lowest BCUT2D eigenvalue weighted by atomic mass is 9.90. The van der Waals surface area contributed by atoms with Crippen molar-refractivity contribution in [2.75, 3.05) is 10.6 Å². The van der Waals surface area contributed by atoms with E-state index in [1.807, 2.05) is 0 Å². The zero-order valence-electron chi connectivity index (χ0n) is 18.2. The first-order chi connectivity index (χ1) is 16.6. The van der Waals surface area contributed by atoms with Crippen LogP contribution in [0.25, 0.3) is 0 Å². The fraction of sp³-hybridized carbons (Fsp3) is 0.381. The van der Waals surface area contributed by atoms with E-state index in [4.69, 9.17) is 10.8 Å². The van der Waals surface area contributed by atoms with E-state index in [-0.39, 0.29) is 6.07 Å². The van der Waals surface area contributed by atoms with Gasteiger partial charge in [-0.3, -0.25) is 4.79 Å². The summed E-state index contributed by atoms with van der Waals surface area (Å²) in [6, 6.07) is 0.0278. The van der Waals surface area contributed by atoms with Gasteiger partial charge in [0.1, 0.15) is 5.82 Å². The Hall–Kier alpha value is -3.78. The molecule has 36 heavy (non-hydrogen) atoms. The molecule has 8 nitrogen and oxygen atoms in total. The molecule has 1 aliphatic rings. The number of carbonyl (C=O) groups excluding carboxylic acids is 1. The van der Waals surface area contributed by atoms with Crippen LogP contribution >= 0.6 is 0 Å². The summed E-state index contributed by atoms with van der Waals surface area (Å²) in [6.45, 7) is 0. The number of nitrogens with two attached hydrogens (primary N) is 1. The molecule has 1 aromatic heterocycles. The quantitative estimate of drug-likeness (QED) is 0.336. The van der Waals surface area contributed by atoms with Gasteiger partial charge < -0.3 is 26.8 Å². The van der Waals surface area contributed by atoms with E-state index in [1.165, 1.54) is 0 Å². The van der Waals surface area contributed by atoms with Gasteiger partial charge in [0.25, 0.3) is 5.91 Å². The number of primary amides is 1. The first kappa shape index (κ1) is 26.8. The van der Waals surface area contributed by atoms with Crippen molar-refractivity contribution in [1.29, 1.82) is 0 Å². The van der Waals surface area contributed by atoms with Crippen molar-refractivity contribution in [2.24, 2.45) is 5.73 Å². The predicted molar refractivity (Wildman–Crippen MR) is 113 cm³/mol. The highest BCUT2D eigenvalue weighted by molar-refractivity contribution is 5.98. The maximum Gasteiger partial charge on any atom is 0.416 e. The minimum Gasteiger partial charge on any atom is -0.465 e.